The molecule has 18 heavy (non-hydrogen) atoms. The van der Waals surface area contributed by atoms with Gasteiger partial charge in [0.25, 0.3) is 0 Å². The van der Waals surface area contributed by atoms with Crippen LogP contribution >= 0.6 is 0 Å². The molecule has 2 rings (SSSR count). The van der Waals surface area contributed by atoms with Gasteiger partial charge < -0.3 is 10.1 Å². The van der Waals surface area contributed by atoms with Crippen LogP contribution in [0.15, 0.2) is 24.3 Å². The normalized spacial score (nSPS) is 23.9. The summed E-state index contributed by atoms with van der Waals surface area (Å²) in [6.45, 7) is 3.29. The van der Waals surface area contributed by atoms with Gasteiger partial charge in [-0.15, -0.1) is 0 Å². The Balaban J connectivity index is 1.74. The molecule has 0 aromatic heterocycles. The largest absolute Gasteiger partial charge is 0.497 e. The summed E-state index contributed by atoms with van der Waals surface area (Å²) in [5.41, 5.74) is 1.34. The van der Waals surface area contributed by atoms with E-state index < -0.39 is 0 Å². The first-order chi connectivity index (χ1) is 8.81. The number of ether oxygens (including phenoxy) is 1. The number of benzene rings is 1. The molecular weight excluding hydrogens is 222 g/mol. The summed E-state index contributed by atoms with van der Waals surface area (Å²) >= 11 is 0. The maximum atomic E-state index is 5.17. The first kappa shape index (κ1) is 13.4. The van der Waals surface area contributed by atoms with E-state index in [0.29, 0.717) is 0 Å². The van der Waals surface area contributed by atoms with Gasteiger partial charge in [-0.2, -0.15) is 0 Å². The monoisotopic (exact) mass is 247 g/mol. The zero-order valence-electron chi connectivity index (χ0n) is 11.6. The Morgan fingerprint density at radius 1 is 1.11 bits per heavy atom. The predicted molar refractivity (Wildman–Crippen MR) is 75.9 cm³/mol. The topological polar surface area (TPSA) is 21.3 Å². The van der Waals surface area contributed by atoms with Crippen molar-refractivity contribution in [3.63, 3.8) is 0 Å². The number of hydrogen-bond donors (Lipinski definition) is 1. The molecule has 1 saturated carbocycles. The highest BCUT2D eigenvalue weighted by Gasteiger charge is 2.19. The summed E-state index contributed by atoms with van der Waals surface area (Å²) in [6, 6.07) is 9.07. The van der Waals surface area contributed by atoms with Crippen molar-refractivity contribution in [1.29, 1.82) is 0 Å². The van der Waals surface area contributed by atoms with Crippen LogP contribution in [0.25, 0.3) is 0 Å². The van der Waals surface area contributed by atoms with Gasteiger partial charge in [-0.1, -0.05) is 25.5 Å². The molecule has 0 unspecified atom stereocenters. The van der Waals surface area contributed by atoms with E-state index in [-0.39, 0.29) is 0 Å². The highest BCUT2D eigenvalue weighted by molar-refractivity contribution is 5.27. The molecule has 0 bridgehead atoms. The minimum absolute atomic E-state index is 0.718. The number of rotatable bonds is 5. The van der Waals surface area contributed by atoms with Crippen LogP contribution in [0.2, 0.25) is 0 Å². The third kappa shape index (κ3) is 3.74. The fourth-order valence-electron chi connectivity index (χ4n) is 2.78. The van der Waals surface area contributed by atoms with Crippen molar-refractivity contribution >= 4 is 0 Å². The summed E-state index contributed by atoms with van der Waals surface area (Å²) in [4.78, 5) is 0. The van der Waals surface area contributed by atoms with E-state index >= 15 is 0 Å². The van der Waals surface area contributed by atoms with Crippen molar-refractivity contribution in [3.05, 3.63) is 29.8 Å². The lowest BCUT2D eigenvalue weighted by atomic mass is 9.84. The van der Waals surface area contributed by atoms with E-state index in [1.54, 1.807) is 7.11 Å². The molecule has 0 spiro atoms. The zero-order chi connectivity index (χ0) is 12.8. The fraction of sp³-hybridized carbons (Fsp3) is 0.625. The summed E-state index contributed by atoms with van der Waals surface area (Å²) in [7, 11) is 1.71. The van der Waals surface area contributed by atoms with Gasteiger partial charge >= 0.3 is 0 Å². The quantitative estimate of drug-likeness (QED) is 0.855. The van der Waals surface area contributed by atoms with Gasteiger partial charge in [-0.05, 0) is 49.3 Å². The number of methoxy groups -OCH3 is 1. The average molecular weight is 247 g/mol. The van der Waals surface area contributed by atoms with Gasteiger partial charge in [-0.25, -0.2) is 0 Å². The molecule has 0 aliphatic heterocycles. The molecule has 100 valence electrons. The van der Waals surface area contributed by atoms with Crippen LogP contribution in [-0.2, 0) is 6.54 Å². The van der Waals surface area contributed by atoms with Crippen LogP contribution in [-0.4, -0.2) is 13.2 Å². The van der Waals surface area contributed by atoms with Crippen molar-refractivity contribution in [1.82, 2.24) is 5.32 Å². The van der Waals surface area contributed by atoms with Crippen LogP contribution in [0.3, 0.4) is 0 Å². The summed E-state index contributed by atoms with van der Waals surface area (Å²) in [6.07, 6.45) is 6.84. The first-order valence-corrected chi connectivity index (χ1v) is 7.18. The molecule has 1 aliphatic rings. The molecule has 0 saturated heterocycles. The third-order valence-electron chi connectivity index (χ3n) is 4.18. The van der Waals surface area contributed by atoms with Crippen LogP contribution in [0.1, 0.15) is 44.6 Å². The second kappa shape index (κ2) is 6.79. The maximum Gasteiger partial charge on any atom is 0.118 e. The Hall–Kier alpha value is -1.02. The molecule has 1 fully saturated rings. The Morgan fingerprint density at radius 2 is 1.78 bits per heavy atom. The van der Waals surface area contributed by atoms with Crippen LogP contribution in [0.5, 0.6) is 5.75 Å². The molecule has 0 heterocycles. The molecule has 1 N–H and O–H groups in total. The molecule has 0 amide bonds. The van der Waals surface area contributed by atoms with Gasteiger partial charge in [0.15, 0.2) is 0 Å². The lowest BCUT2D eigenvalue weighted by molar-refractivity contribution is 0.285. The first-order valence-electron chi connectivity index (χ1n) is 7.18. The number of nitrogens with one attached hydrogen (secondary N) is 1. The lowest BCUT2D eigenvalue weighted by Crippen LogP contribution is -2.32. The summed E-state index contributed by atoms with van der Waals surface area (Å²) in [5.74, 6) is 1.91. The van der Waals surface area contributed by atoms with Crippen molar-refractivity contribution in [2.24, 2.45) is 5.92 Å². The van der Waals surface area contributed by atoms with E-state index in [1.807, 2.05) is 12.1 Å². The molecule has 1 aliphatic carbocycles. The Bertz CT molecular complexity index is 339. The van der Waals surface area contributed by atoms with Crippen molar-refractivity contribution in [3.8, 4) is 5.75 Å². The molecule has 1 aromatic rings. The minimum atomic E-state index is 0.718. The predicted octanol–water partition coefficient (Wildman–Crippen LogP) is 3.75. The summed E-state index contributed by atoms with van der Waals surface area (Å²) < 4.78 is 5.17. The second-order valence-corrected chi connectivity index (χ2v) is 5.35. The number of hydrogen-bond acceptors (Lipinski definition) is 2. The molecule has 1 aromatic carbocycles. The molecular formula is C16H25NO. The van der Waals surface area contributed by atoms with Crippen LogP contribution in [0.4, 0.5) is 0 Å². The van der Waals surface area contributed by atoms with Gasteiger partial charge in [0, 0.05) is 12.6 Å². The van der Waals surface area contributed by atoms with Crippen molar-refractivity contribution in [2.45, 2.75) is 51.6 Å². The summed E-state index contributed by atoms with van der Waals surface area (Å²) in [5, 5.41) is 3.68. The molecule has 0 radical (unpaired) electrons. The highest BCUT2D eigenvalue weighted by atomic mass is 16.5. The SMILES string of the molecule is CCC1CCC(NCc2ccc(OC)cc2)CC1. The van der Waals surface area contributed by atoms with Gasteiger partial charge in [0.1, 0.15) is 5.75 Å². The molecule has 2 heteroatoms. The van der Waals surface area contributed by atoms with E-state index in [4.69, 9.17) is 4.74 Å². The molecule has 0 atom stereocenters. The van der Waals surface area contributed by atoms with E-state index in [0.717, 1.165) is 24.3 Å². The standard InChI is InChI=1S/C16H25NO/c1-3-13-4-8-15(9-5-13)17-12-14-6-10-16(18-2)11-7-14/h6-7,10-11,13,15,17H,3-5,8-9,12H2,1-2H3. The third-order valence-corrected chi connectivity index (χ3v) is 4.18. The van der Waals surface area contributed by atoms with E-state index in [9.17, 15) is 0 Å². The fourth-order valence-corrected chi connectivity index (χ4v) is 2.78. The van der Waals surface area contributed by atoms with E-state index in [1.165, 1.54) is 37.7 Å². The van der Waals surface area contributed by atoms with Crippen LogP contribution < -0.4 is 10.1 Å². The average Bonchev–Trinajstić information content (AvgIpc) is 2.46. The maximum absolute atomic E-state index is 5.17. The smallest absolute Gasteiger partial charge is 0.118 e. The van der Waals surface area contributed by atoms with Crippen molar-refractivity contribution < 1.29 is 4.74 Å². The zero-order valence-corrected chi connectivity index (χ0v) is 11.6. The minimum Gasteiger partial charge on any atom is -0.497 e. The van der Waals surface area contributed by atoms with Gasteiger partial charge in [-0.3, -0.25) is 0 Å². The van der Waals surface area contributed by atoms with Gasteiger partial charge in [0.05, 0.1) is 7.11 Å². The second-order valence-electron chi connectivity index (χ2n) is 5.35. The Kier molecular flexibility index (Phi) is 5.06. The Labute approximate surface area is 111 Å². The Morgan fingerprint density at radius 3 is 2.33 bits per heavy atom. The van der Waals surface area contributed by atoms with Gasteiger partial charge in [0.2, 0.25) is 0 Å². The van der Waals surface area contributed by atoms with Crippen molar-refractivity contribution in [2.75, 3.05) is 7.11 Å². The van der Waals surface area contributed by atoms with E-state index in [2.05, 4.69) is 24.4 Å². The lowest BCUT2D eigenvalue weighted by Gasteiger charge is -2.28. The van der Waals surface area contributed by atoms with Crippen LogP contribution in [0, 0.1) is 5.92 Å². The molecule has 2 nitrogen and oxygen atoms in total. The highest BCUT2D eigenvalue weighted by Crippen LogP contribution is 2.26.